The van der Waals surface area contributed by atoms with Crippen molar-refractivity contribution in [3.8, 4) is 11.6 Å². The highest BCUT2D eigenvalue weighted by Gasteiger charge is 2.17. The minimum atomic E-state index is -0.0927. The fourth-order valence-electron chi connectivity index (χ4n) is 3.05. The average molecular weight is 427 g/mol. The molecule has 2 aromatic carbocycles. The van der Waals surface area contributed by atoms with Gasteiger partial charge in [0.25, 0.3) is 0 Å². The van der Waals surface area contributed by atoms with Gasteiger partial charge in [0.1, 0.15) is 5.58 Å². The first kappa shape index (κ1) is 19.5. The van der Waals surface area contributed by atoms with Crippen LogP contribution in [0.25, 0.3) is 22.6 Å². The van der Waals surface area contributed by atoms with Crippen LogP contribution < -0.4 is 5.32 Å². The fraction of sp³-hybridized carbons (Fsp3) is 0.190. The lowest BCUT2D eigenvalue weighted by molar-refractivity contribution is -0.113. The smallest absolute Gasteiger partial charge is 0.234 e. The van der Waals surface area contributed by atoms with Gasteiger partial charge in [0, 0.05) is 23.1 Å². The lowest BCUT2D eigenvalue weighted by Gasteiger charge is -2.09. The normalized spacial score (nSPS) is 11.2. The SMILES string of the molecule is Cc1ccc(NC(=O)CSc2nnc(-c3cc4cc(Cl)ccc4o3)n2C)c(C)c1. The molecule has 0 saturated carbocycles. The summed E-state index contributed by atoms with van der Waals surface area (Å²) in [6.07, 6.45) is 0. The highest BCUT2D eigenvalue weighted by atomic mass is 35.5. The van der Waals surface area contributed by atoms with Gasteiger partial charge in [-0.1, -0.05) is 41.1 Å². The number of nitrogens with zero attached hydrogens (tertiary/aromatic N) is 3. The number of hydrogen-bond donors (Lipinski definition) is 1. The van der Waals surface area contributed by atoms with E-state index in [0.717, 1.165) is 27.8 Å². The molecule has 148 valence electrons. The first-order valence-corrected chi connectivity index (χ1v) is 10.4. The number of carbonyl (C=O) groups excluding carboxylic acids is 1. The quantitative estimate of drug-likeness (QED) is 0.442. The maximum Gasteiger partial charge on any atom is 0.234 e. The third kappa shape index (κ3) is 4.16. The molecule has 0 saturated heterocycles. The highest BCUT2D eigenvalue weighted by Crippen LogP contribution is 2.30. The van der Waals surface area contributed by atoms with Crippen LogP contribution in [0.2, 0.25) is 5.02 Å². The van der Waals surface area contributed by atoms with Crippen LogP contribution in [0.5, 0.6) is 0 Å². The molecule has 8 heteroatoms. The third-order valence-corrected chi connectivity index (χ3v) is 5.78. The average Bonchev–Trinajstić information content (AvgIpc) is 3.25. The van der Waals surface area contributed by atoms with Crippen molar-refractivity contribution in [1.29, 1.82) is 0 Å². The molecular weight excluding hydrogens is 408 g/mol. The Morgan fingerprint density at radius 2 is 2.00 bits per heavy atom. The topological polar surface area (TPSA) is 73.0 Å². The summed E-state index contributed by atoms with van der Waals surface area (Å²) < 4.78 is 7.67. The summed E-state index contributed by atoms with van der Waals surface area (Å²) >= 11 is 7.36. The molecule has 29 heavy (non-hydrogen) atoms. The zero-order valence-corrected chi connectivity index (χ0v) is 17.8. The number of thioether (sulfide) groups is 1. The van der Waals surface area contributed by atoms with Crippen molar-refractivity contribution < 1.29 is 9.21 Å². The number of amides is 1. The van der Waals surface area contributed by atoms with E-state index in [2.05, 4.69) is 15.5 Å². The van der Waals surface area contributed by atoms with Gasteiger partial charge >= 0.3 is 0 Å². The lowest BCUT2D eigenvalue weighted by Crippen LogP contribution is -2.15. The van der Waals surface area contributed by atoms with Gasteiger partial charge < -0.3 is 14.3 Å². The monoisotopic (exact) mass is 426 g/mol. The van der Waals surface area contributed by atoms with Crippen LogP contribution in [0.3, 0.4) is 0 Å². The minimum absolute atomic E-state index is 0.0927. The summed E-state index contributed by atoms with van der Waals surface area (Å²) in [4.78, 5) is 12.3. The fourth-order valence-corrected chi connectivity index (χ4v) is 3.94. The van der Waals surface area contributed by atoms with Gasteiger partial charge in [0.15, 0.2) is 16.7 Å². The maximum atomic E-state index is 12.3. The molecule has 0 bridgehead atoms. The van der Waals surface area contributed by atoms with Gasteiger partial charge in [-0.15, -0.1) is 10.2 Å². The number of nitrogens with one attached hydrogen (secondary N) is 1. The summed E-state index contributed by atoms with van der Waals surface area (Å²) in [7, 11) is 1.85. The second-order valence-electron chi connectivity index (χ2n) is 6.81. The molecule has 2 aromatic heterocycles. The van der Waals surface area contributed by atoms with Crippen LogP contribution >= 0.6 is 23.4 Å². The molecule has 0 unspecified atom stereocenters. The summed E-state index contributed by atoms with van der Waals surface area (Å²) in [6.45, 7) is 4.00. The molecule has 0 spiro atoms. The van der Waals surface area contributed by atoms with Crippen molar-refractivity contribution in [3.63, 3.8) is 0 Å². The Balaban J connectivity index is 1.46. The second kappa shape index (κ2) is 7.93. The highest BCUT2D eigenvalue weighted by molar-refractivity contribution is 7.99. The Morgan fingerprint density at radius 1 is 1.17 bits per heavy atom. The van der Waals surface area contributed by atoms with Crippen molar-refractivity contribution in [2.24, 2.45) is 7.05 Å². The molecule has 2 heterocycles. The third-order valence-electron chi connectivity index (χ3n) is 4.52. The molecule has 6 nitrogen and oxygen atoms in total. The van der Waals surface area contributed by atoms with Crippen molar-refractivity contribution >= 4 is 45.9 Å². The van der Waals surface area contributed by atoms with Crippen LogP contribution in [0.4, 0.5) is 5.69 Å². The molecule has 4 aromatic rings. The zero-order valence-electron chi connectivity index (χ0n) is 16.2. The molecule has 0 fully saturated rings. The van der Waals surface area contributed by atoms with Crippen LogP contribution in [0.15, 0.2) is 52.0 Å². The number of rotatable bonds is 5. The largest absolute Gasteiger partial charge is 0.453 e. The van der Waals surface area contributed by atoms with Gasteiger partial charge in [0.05, 0.1) is 5.75 Å². The number of hydrogen-bond acceptors (Lipinski definition) is 5. The number of halogens is 1. The molecule has 0 aliphatic carbocycles. The van der Waals surface area contributed by atoms with Crippen molar-refractivity contribution in [2.45, 2.75) is 19.0 Å². The van der Waals surface area contributed by atoms with Crippen LogP contribution in [0, 0.1) is 13.8 Å². The zero-order chi connectivity index (χ0) is 20.5. The van der Waals surface area contributed by atoms with Gasteiger partial charge in [-0.3, -0.25) is 4.79 Å². The Labute approximate surface area is 177 Å². The summed E-state index contributed by atoms with van der Waals surface area (Å²) in [5, 5.41) is 13.5. The van der Waals surface area contributed by atoms with E-state index in [0.29, 0.717) is 21.8 Å². The molecule has 4 rings (SSSR count). The first-order chi connectivity index (χ1) is 13.9. The van der Waals surface area contributed by atoms with E-state index in [1.807, 2.05) is 61.9 Å². The summed E-state index contributed by atoms with van der Waals surface area (Å²) in [5.74, 6) is 1.33. The molecule has 0 aliphatic heterocycles. The molecule has 1 N–H and O–H groups in total. The van der Waals surface area contributed by atoms with Crippen LogP contribution in [0.1, 0.15) is 11.1 Å². The Hall–Kier alpha value is -2.77. The standard InChI is InChI=1S/C21H19ClN4O2S/c1-12-4-6-16(13(2)8-12)23-19(27)11-29-21-25-24-20(26(21)3)18-10-14-9-15(22)5-7-17(14)28-18/h4-10H,11H2,1-3H3,(H,23,27). The van der Waals surface area contributed by atoms with E-state index < -0.39 is 0 Å². The van der Waals surface area contributed by atoms with Crippen molar-refractivity contribution in [1.82, 2.24) is 14.8 Å². The molecular formula is C21H19ClN4O2S. The molecule has 0 atom stereocenters. The molecule has 0 radical (unpaired) electrons. The molecule has 0 aliphatic rings. The van der Waals surface area contributed by atoms with E-state index >= 15 is 0 Å². The van der Waals surface area contributed by atoms with Crippen LogP contribution in [-0.4, -0.2) is 26.4 Å². The van der Waals surface area contributed by atoms with E-state index in [-0.39, 0.29) is 11.7 Å². The van der Waals surface area contributed by atoms with E-state index in [1.165, 1.54) is 11.8 Å². The summed E-state index contributed by atoms with van der Waals surface area (Å²) in [6, 6.07) is 13.3. The number of furan rings is 1. The number of aryl methyl sites for hydroxylation is 2. The second-order valence-corrected chi connectivity index (χ2v) is 8.19. The number of aromatic nitrogens is 3. The summed E-state index contributed by atoms with van der Waals surface area (Å²) in [5.41, 5.74) is 3.75. The van der Waals surface area contributed by atoms with Crippen molar-refractivity contribution in [2.75, 3.05) is 11.1 Å². The Morgan fingerprint density at radius 3 is 2.79 bits per heavy atom. The van der Waals surface area contributed by atoms with Gasteiger partial charge in [-0.2, -0.15) is 0 Å². The number of fused-ring (bicyclic) bond motifs is 1. The van der Waals surface area contributed by atoms with E-state index in [1.54, 1.807) is 6.07 Å². The lowest BCUT2D eigenvalue weighted by atomic mass is 10.1. The predicted molar refractivity (Wildman–Crippen MR) is 116 cm³/mol. The molecule has 1 amide bonds. The number of carbonyl (C=O) groups is 1. The van der Waals surface area contributed by atoms with E-state index in [4.69, 9.17) is 16.0 Å². The first-order valence-electron chi connectivity index (χ1n) is 8.99. The Bertz CT molecular complexity index is 1210. The minimum Gasteiger partial charge on any atom is -0.453 e. The van der Waals surface area contributed by atoms with Gasteiger partial charge in [-0.05, 0) is 49.7 Å². The number of benzene rings is 2. The van der Waals surface area contributed by atoms with Gasteiger partial charge in [0.2, 0.25) is 5.91 Å². The van der Waals surface area contributed by atoms with Gasteiger partial charge in [-0.25, -0.2) is 0 Å². The predicted octanol–water partition coefficient (Wildman–Crippen LogP) is 5.23. The van der Waals surface area contributed by atoms with E-state index in [9.17, 15) is 4.79 Å². The maximum absolute atomic E-state index is 12.3. The van der Waals surface area contributed by atoms with Crippen molar-refractivity contribution in [3.05, 3.63) is 58.6 Å². The Kier molecular flexibility index (Phi) is 5.34. The number of anilines is 1. The van der Waals surface area contributed by atoms with Crippen LogP contribution in [-0.2, 0) is 11.8 Å².